The van der Waals surface area contributed by atoms with Crippen LogP contribution in [0.5, 0.6) is 11.5 Å². The van der Waals surface area contributed by atoms with Crippen LogP contribution < -0.4 is 19.6 Å². The maximum atomic E-state index is 13.0. The lowest BCUT2D eigenvalue weighted by atomic mass is 10.0. The number of ether oxygens (including phenoxy) is 2. The zero-order valence-corrected chi connectivity index (χ0v) is 18.9. The van der Waals surface area contributed by atoms with Gasteiger partial charge < -0.3 is 9.47 Å². The van der Waals surface area contributed by atoms with Crippen molar-refractivity contribution >= 4 is 28.4 Å². The van der Waals surface area contributed by atoms with Crippen molar-refractivity contribution in [2.75, 3.05) is 6.61 Å². The highest BCUT2D eigenvalue weighted by molar-refractivity contribution is 7.15. The molecule has 1 atom stereocenters. The van der Waals surface area contributed by atoms with Crippen LogP contribution in [0.2, 0.25) is 0 Å². The first-order chi connectivity index (χ1) is 15.5. The molecule has 0 radical (unpaired) electrons. The Labute approximate surface area is 189 Å². The highest BCUT2D eigenvalue weighted by Crippen LogP contribution is 2.29. The fourth-order valence-corrected chi connectivity index (χ4v) is 4.40. The number of hydrogen-bond acceptors (Lipinski definition) is 6. The molecule has 1 aliphatic rings. The van der Waals surface area contributed by atoms with Gasteiger partial charge in [0.15, 0.2) is 5.82 Å². The second kappa shape index (κ2) is 8.24. The van der Waals surface area contributed by atoms with E-state index in [9.17, 15) is 4.79 Å². The minimum atomic E-state index is -0.174. The van der Waals surface area contributed by atoms with E-state index in [1.807, 2.05) is 61.5 Å². The molecule has 3 heterocycles. The van der Waals surface area contributed by atoms with E-state index < -0.39 is 0 Å². The summed E-state index contributed by atoms with van der Waals surface area (Å²) in [5, 5.41) is 4.45. The Morgan fingerprint density at radius 3 is 2.72 bits per heavy atom. The van der Waals surface area contributed by atoms with E-state index in [1.54, 1.807) is 0 Å². The number of para-hydroxylation sites is 1. The molecule has 0 fully saturated rings. The molecule has 6 nitrogen and oxygen atoms in total. The summed E-state index contributed by atoms with van der Waals surface area (Å²) < 4.78 is 13.7. The molecule has 7 heteroatoms. The Balaban J connectivity index is 1.45. The van der Waals surface area contributed by atoms with E-state index in [2.05, 4.69) is 30.0 Å². The monoisotopic (exact) mass is 445 g/mol. The predicted molar refractivity (Wildman–Crippen MR) is 127 cm³/mol. The fourth-order valence-electron chi connectivity index (χ4n) is 3.49. The molecule has 162 valence electrons. The number of rotatable bonds is 5. The number of hydrogen-bond donors (Lipinski definition) is 0. The topological polar surface area (TPSA) is 65.7 Å². The molecule has 1 unspecified atom stereocenters. The maximum Gasteiger partial charge on any atom is 0.291 e. The van der Waals surface area contributed by atoms with Gasteiger partial charge in [-0.2, -0.15) is 9.50 Å². The summed E-state index contributed by atoms with van der Waals surface area (Å²) in [5.74, 6) is 2.65. The smallest absolute Gasteiger partial charge is 0.291 e. The van der Waals surface area contributed by atoms with Crippen LogP contribution >= 0.6 is 11.3 Å². The standard InChI is InChI=1S/C25H23N3O3S/c1-15(2)14-30-20-10-8-17(9-11-20)23-26-25-28(27-23)24(29)22(32-25)13-19-12-18-6-4-5-7-21(18)31-16(19)3/h4-13,15-16H,14H2,1-3H3/b22-13+. The van der Waals surface area contributed by atoms with Crippen molar-refractivity contribution in [3.63, 3.8) is 0 Å². The number of aromatic nitrogens is 3. The van der Waals surface area contributed by atoms with Crippen molar-refractivity contribution in [1.29, 1.82) is 0 Å². The Hall–Kier alpha value is -3.45. The molecule has 0 bridgehead atoms. The summed E-state index contributed by atoms with van der Waals surface area (Å²) in [7, 11) is 0. The SMILES string of the molecule is CC(C)COc1ccc(-c2nc3s/c(=C/C4=Cc5ccccc5OC4C)c(=O)n3n2)cc1. The largest absolute Gasteiger partial charge is 0.493 e. The molecule has 32 heavy (non-hydrogen) atoms. The summed E-state index contributed by atoms with van der Waals surface area (Å²) in [6.07, 6.45) is 3.80. The lowest BCUT2D eigenvalue weighted by Gasteiger charge is -2.22. The van der Waals surface area contributed by atoms with Gasteiger partial charge in [-0.25, -0.2) is 0 Å². The lowest BCUT2D eigenvalue weighted by molar-refractivity contribution is 0.259. The second-order valence-electron chi connectivity index (χ2n) is 8.22. The summed E-state index contributed by atoms with van der Waals surface area (Å²) in [5.41, 5.74) is 2.62. The molecular weight excluding hydrogens is 422 g/mol. The van der Waals surface area contributed by atoms with Gasteiger partial charge in [0.05, 0.1) is 11.1 Å². The first-order valence-corrected chi connectivity index (χ1v) is 11.4. The van der Waals surface area contributed by atoms with Gasteiger partial charge in [-0.3, -0.25) is 4.79 Å². The number of benzene rings is 2. The van der Waals surface area contributed by atoms with Crippen LogP contribution in [0.25, 0.3) is 28.5 Å². The first-order valence-electron chi connectivity index (χ1n) is 10.6. The van der Waals surface area contributed by atoms with E-state index in [-0.39, 0.29) is 11.7 Å². The van der Waals surface area contributed by atoms with Gasteiger partial charge in [-0.1, -0.05) is 43.4 Å². The van der Waals surface area contributed by atoms with Crippen molar-refractivity contribution < 1.29 is 9.47 Å². The highest BCUT2D eigenvalue weighted by Gasteiger charge is 2.18. The first kappa shape index (κ1) is 20.5. The third kappa shape index (κ3) is 3.91. The maximum absolute atomic E-state index is 13.0. The van der Waals surface area contributed by atoms with E-state index >= 15 is 0 Å². The molecule has 4 aromatic rings. The average molecular weight is 446 g/mol. The summed E-state index contributed by atoms with van der Waals surface area (Å²) in [4.78, 5) is 18.1. The molecule has 2 aromatic heterocycles. The molecule has 0 N–H and O–H groups in total. The van der Waals surface area contributed by atoms with Gasteiger partial charge >= 0.3 is 0 Å². The Kier molecular flexibility index (Phi) is 5.27. The Morgan fingerprint density at radius 2 is 1.97 bits per heavy atom. The molecule has 2 aromatic carbocycles. The normalized spacial score (nSPS) is 16.2. The van der Waals surface area contributed by atoms with Gasteiger partial charge in [-0.05, 0) is 60.9 Å². The Morgan fingerprint density at radius 1 is 1.19 bits per heavy atom. The van der Waals surface area contributed by atoms with Crippen molar-refractivity contribution in [1.82, 2.24) is 14.6 Å². The van der Waals surface area contributed by atoms with Gasteiger partial charge in [0.25, 0.3) is 5.56 Å². The van der Waals surface area contributed by atoms with Gasteiger partial charge in [0.2, 0.25) is 4.96 Å². The highest BCUT2D eigenvalue weighted by atomic mass is 32.1. The third-order valence-corrected chi connectivity index (χ3v) is 6.15. The molecular formula is C25H23N3O3S. The van der Waals surface area contributed by atoms with Crippen molar-refractivity contribution in [2.45, 2.75) is 26.9 Å². The van der Waals surface area contributed by atoms with E-state index in [4.69, 9.17) is 9.47 Å². The molecule has 0 saturated heterocycles. The minimum Gasteiger partial charge on any atom is -0.493 e. The van der Waals surface area contributed by atoms with Gasteiger partial charge in [0, 0.05) is 11.1 Å². The molecule has 0 spiro atoms. The van der Waals surface area contributed by atoms with Crippen LogP contribution in [0.15, 0.2) is 58.9 Å². The molecule has 0 aliphatic carbocycles. The molecule has 1 aliphatic heterocycles. The molecule has 0 amide bonds. The summed E-state index contributed by atoms with van der Waals surface area (Å²) in [6.45, 7) is 6.87. The van der Waals surface area contributed by atoms with Crippen molar-refractivity contribution in [2.24, 2.45) is 5.92 Å². The van der Waals surface area contributed by atoms with Crippen LogP contribution in [0.1, 0.15) is 26.3 Å². The lowest BCUT2D eigenvalue weighted by Crippen LogP contribution is -2.26. The van der Waals surface area contributed by atoms with Gasteiger partial charge in [0.1, 0.15) is 17.6 Å². The zero-order valence-electron chi connectivity index (χ0n) is 18.1. The average Bonchev–Trinajstić information content (AvgIpc) is 3.32. The summed E-state index contributed by atoms with van der Waals surface area (Å²) >= 11 is 1.33. The number of nitrogens with zero attached hydrogens (tertiary/aromatic N) is 3. The van der Waals surface area contributed by atoms with Crippen LogP contribution in [0, 0.1) is 5.92 Å². The molecule has 5 rings (SSSR count). The van der Waals surface area contributed by atoms with Crippen LogP contribution in [-0.4, -0.2) is 27.3 Å². The number of thiazole rings is 1. The van der Waals surface area contributed by atoms with Gasteiger partial charge in [-0.15, -0.1) is 5.10 Å². The Bertz CT molecular complexity index is 1420. The second-order valence-corrected chi connectivity index (χ2v) is 9.23. The van der Waals surface area contributed by atoms with E-state index in [0.29, 0.717) is 27.8 Å². The minimum absolute atomic E-state index is 0.140. The van der Waals surface area contributed by atoms with Crippen LogP contribution in [0.4, 0.5) is 0 Å². The third-order valence-electron chi connectivity index (χ3n) is 5.19. The summed E-state index contributed by atoms with van der Waals surface area (Å²) in [6, 6.07) is 15.5. The number of fused-ring (bicyclic) bond motifs is 2. The predicted octanol–water partition coefficient (Wildman–Crippen LogP) is 4.22. The molecule has 0 saturated carbocycles. The van der Waals surface area contributed by atoms with E-state index in [0.717, 1.165) is 28.2 Å². The fraction of sp³-hybridized carbons (Fsp3) is 0.240. The van der Waals surface area contributed by atoms with Crippen molar-refractivity contribution in [3.05, 3.63) is 74.6 Å². The van der Waals surface area contributed by atoms with E-state index in [1.165, 1.54) is 15.9 Å². The van der Waals surface area contributed by atoms with Crippen LogP contribution in [0.3, 0.4) is 0 Å². The van der Waals surface area contributed by atoms with Crippen molar-refractivity contribution in [3.8, 4) is 22.9 Å². The van der Waals surface area contributed by atoms with Crippen LogP contribution in [-0.2, 0) is 0 Å². The zero-order chi connectivity index (χ0) is 22.2. The quantitative estimate of drug-likeness (QED) is 0.460.